The number of hydrogen-bond acceptors (Lipinski definition) is 7. The maximum atomic E-state index is 12.9. The molecule has 3 N–H and O–H groups in total. The summed E-state index contributed by atoms with van der Waals surface area (Å²) in [5, 5.41) is 25.5. The van der Waals surface area contributed by atoms with E-state index >= 15 is 0 Å². The molecule has 10 nitrogen and oxygen atoms in total. The summed E-state index contributed by atoms with van der Waals surface area (Å²) in [6, 6.07) is 14.9. The van der Waals surface area contributed by atoms with Crippen molar-refractivity contribution in [2.75, 3.05) is 13.2 Å². The van der Waals surface area contributed by atoms with E-state index in [0.29, 0.717) is 0 Å². The molecule has 0 unspecified atom stereocenters. The zero-order valence-electron chi connectivity index (χ0n) is 18.6. The van der Waals surface area contributed by atoms with Crippen LogP contribution in [0.3, 0.4) is 0 Å². The Balaban J connectivity index is 1.22. The SMILES string of the molecule is O=C(NCc1nocc1C(=O)N1C[C@H](O)C[C@@H]1C(=O)O)OCC1c2ccccc2-c2ccccc21. The fourth-order valence-corrected chi connectivity index (χ4v) is 4.79. The van der Waals surface area contributed by atoms with Crippen LogP contribution in [0.25, 0.3) is 11.1 Å². The smallest absolute Gasteiger partial charge is 0.407 e. The summed E-state index contributed by atoms with van der Waals surface area (Å²) in [7, 11) is 0. The number of carbonyl (C=O) groups is 3. The quantitative estimate of drug-likeness (QED) is 0.491. The molecule has 2 aliphatic rings. The predicted molar refractivity (Wildman–Crippen MR) is 121 cm³/mol. The van der Waals surface area contributed by atoms with E-state index in [1.165, 1.54) is 0 Å². The largest absolute Gasteiger partial charge is 0.480 e. The van der Waals surface area contributed by atoms with Crippen LogP contribution in [-0.4, -0.2) is 63.5 Å². The molecule has 3 aromatic rings. The number of aliphatic carboxylic acids is 1. The molecule has 2 amide bonds. The average molecular weight is 477 g/mol. The number of hydrogen-bond donors (Lipinski definition) is 3. The van der Waals surface area contributed by atoms with Crippen LogP contribution in [0.15, 0.2) is 59.3 Å². The summed E-state index contributed by atoms with van der Waals surface area (Å²) < 4.78 is 10.4. The minimum atomic E-state index is -1.20. The lowest BCUT2D eigenvalue weighted by Crippen LogP contribution is -2.41. The number of nitrogens with one attached hydrogen (secondary N) is 1. The van der Waals surface area contributed by atoms with Crippen molar-refractivity contribution in [2.24, 2.45) is 0 Å². The molecule has 0 saturated carbocycles. The number of alkyl carbamates (subject to hydrolysis) is 1. The molecule has 1 aliphatic heterocycles. The first-order chi connectivity index (χ1) is 16.9. The molecule has 0 radical (unpaired) electrons. The van der Waals surface area contributed by atoms with Gasteiger partial charge in [0.15, 0.2) is 0 Å². The maximum absolute atomic E-state index is 12.9. The summed E-state index contributed by atoms with van der Waals surface area (Å²) in [5.74, 6) is -1.93. The maximum Gasteiger partial charge on any atom is 0.407 e. The lowest BCUT2D eigenvalue weighted by atomic mass is 9.98. The standard InChI is InChI=1S/C25H23N3O7/c29-14-9-22(24(31)32)28(11-14)23(30)20-13-35-27-21(20)10-26-25(33)34-12-19-17-7-3-1-5-15(17)16-6-2-4-8-18(16)19/h1-8,13-14,19,22,29H,9-12H2,(H,26,33)(H,31,32)/t14-,22-/m1/s1. The first-order valence-corrected chi connectivity index (χ1v) is 11.2. The van der Waals surface area contributed by atoms with Gasteiger partial charge in [0.05, 0.1) is 12.6 Å². The van der Waals surface area contributed by atoms with Crippen molar-refractivity contribution >= 4 is 18.0 Å². The molecule has 1 fully saturated rings. The van der Waals surface area contributed by atoms with Crippen molar-refractivity contribution < 1.29 is 33.9 Å². The minimum Gasteiger partial charge on any atom is -0.480 e. The van der Waals surface area contributed by atoms with Gasteiger partial charge < -0.3 is 29.7 Å². The Morgan fingerprint density at radius 3 is 2.40 bits per heavy atom. The molecule has 35 heavy (non-hydrogen) atoms. The highest BCUT2D eigenvalue weighted by Crippen LogP contribution is 2.44. The third-order valence-corrected chi connectivity index (χ3v) is 6.44. The minimum absolute atomic E-state index is 0.0179. The summed E-state index contributed by atoms with van der Waals surface area (Å²) in [6.45, 7) is -0.126. The summed E-state index contributed by atoms with van der Waals surface area (Å²) >= 11 is 0. The van der Waals surface area contributed by atoms with Crippen molar-refractivity contribution in [1.82, 2.24) is 15.4 Å². The number of rotatable bonds is 6. The van der Waals surface area contributed by atoms with Crippen LogP contribution in [0.1, 0.15) is 39.5 Å². The first-order valence-electron chi connectivity index (χ1n) is 11.2. The summed E-state index contributed by atoms with van der Waals surface area (Å²) in [4.78, 5) is 37.8. The molecule has 0 spiro atoms. The normalized spacial score (nSPS) is 18.7. The molecule has 0 bridgehead atoms. The van der Waals surface area contributed by atoms with Gasteiger partial charge in [-0.2, -0.15) is 0 Å². The van der Waals surface area contributed by atoms with Crippen LogP contribution in [0.4, 0.5) is 4.79 Å². The molecule has 2 heterocycles. The molecule has 1 aromatic heterocycles. The van der Waals surface area contributed by atoms with Crippen LogP contribution < -0.4 is 5.32 Å². The molecule has 2 aromatic carbocycles. The lowest BCUT2D eigenvalue weighted by molar-refractivity contribution is -0.141. The molecular weight excluding hydrogens is 454 g/mol. The van der Waals surface area contributed by atoms with Crippen molar-refractivity contribution in [2.45, 2.75) is 31.0 Å². The number of carbonyl (C=O) groups excluding carboxylic acids is 2. The number of likely N-dealkylation sites (tertiary alicyclic amines) is 1. The van der Waals surface area contributed by atoms with Crippen molar-refractivity contribution in [1.29, 1.82) is 0 Å². The van der Waals surface area contributed by atoms with Gasteiger partial charge in [-0.25, -0.2) is 9.59 Å². The topological polar surface area (TPSA) is 142 Å². The second kappa shape index (κ2) is 9.22. The Hall–Kier alpha value is -4.18. The van der Waals surface area contributed by atoms with Gasteiger partial charge in [0.1, 0.15) is 30.2 Å². The lowest BCUT2D eigenvalue weighted by Gasteiger charge is -2.20. The van der Waals surface area contributed by atoms with Gasteiger partial charge in [-0.05, 0) is 22.3 Å². The van der Waals surface area contributed by atoms with Crippen LogP contribution in [0.5, 0.6) is 0 Å². The third kappa shape index (κ3) is 4.24. The summed E-state index contributed by atoms with van der Waals surface area (Å²) in [6.07, 6.45) is -0.573. The number of ether oxygens (including phenoxy) is 1. The number of carboxylic acid groups (broad SMARTS) is 1. The van der Waals surface area contributed by atoms with E-state index in [0.717, 1.165) is 33.4 Å². The highest BCUT2D eigenvalue weighted by Gasteiger charge is 2.40. The molecule has 5 rings (SSSR count). The molecule has 2 atom stereocenters. The fourth-order valence-electron chi connectivity index (χ4n) is 4.79. The Morgan fingerprint density at radius 1 is 1.09 bits per heavy atom. The zero-order valence-corrected chi connectivity index (χ0v) is 18.6. The van der Waals surface area contributed by atoms with Crippen molar-refractivity contribution in [3.05, 3.63) is 77.2 Å². The average Bonchev–Trinajstić information content (AvgIpc) is 3.57. The Labute approximate surface area is 200 Å². The molecule has 10 heteroatoms. The molecular formula is C25H23N3O7. The monoisotopic (exact) mass is 477 g/mol. The number of carboxylic acids is 1. The van der Waals surface area contributed by atoms with E-state index in [2.05, 4.69) is 10.5 Å². The van der Waals surface area contributed by atoms with Gasteiger partial charge in [0.25, 0.3) is 5.91 Å². The molecule has 1 saturated heterocycles. The van der Waals surface area contributed by atoms with E-state index in [1.54, 1.807) is 0 Å². The van der Waals surface area contributed by atoms with Gasteiger partial charge in [-0.3, -0.25) is 4.79 Å². The van der Waals surface area contributed by atoms with E-state index in [-0.39, 0.29) is 43.3 Å². The van der Waals surface area contributed by atoms with Gasteiger partial charge in [0, 0.05) is 18.9 Å². The first kappa shape index (κ1) is 22.6. The number of fused-ring (bicyclic) bond motifs is 3. The van der Waals surface area contributed by atoms with Crippen LogP contribution in [0, 0.1) is 0 Å². The number of benzene rings is 2. The number of aromatic nitrogens is 1. The van der Waals surface area contributed by atoms with Gasteiger partial charge in [0.2, 0.25) is 0 Å². The number of aliphatic hydroxyl groups excluding tert-OH is 1. The van der Waals surface area contributed by atoms with E-state index in [1.807, 2.05) is 48.5 Å². The Morgan fingerprint density at radius 2 is 1.74 bits per heavy atom. The number of amides is 2. The van der Waals surface area contributed by atoms with Crippen LogP contribution in [0.2, 0.25) is 0 Å². The Kier molecular flexibility index (Phi) is 5.96. The van der Waals surface area contributed by atoms with Gasteiger partial charge in [-0.15, -0.1) is 0 Å². The Bertz CT molecular complexity index is 1240. The second-order valence-corrected chi connectivity index (χ2v) is 8.56. The zero-order chi connectivity index (χ0) is 24.5. The number of nitrogens with zero attached hydrogens (tertiary/aromatic N) is 2. The highest BCUT2D eigenvalue weighted by molar-refractivity contribution is 5.97. The highest BCUT2D eigenvalue weighted by atomic mass is 16.5. The van der Waals surface area contributed by atoms with E-state index < -0.39 is 30.1 Å². The second-order valence-electron chi connectivity index (χ2n) is 8.56. The number of aliphatic hydroxyl groups is 1. The molecule has 1 aliphatic carbocycles. The predicted octanol–water partition coefficient (Wildman–Crippen LogP) is 2.37. The van der Waals surface area contributed by atoms with Crippen LogP contribution >= 0.6 is 0 Å². The fraction of sp³-hybridized carbons (Fsp3) is 0.280. The van der Waals surface area contributed by atoms with E-state index in [9.17, 15) is 24.6 Å². The van der Waals surface area contributed by atoms with Crippen molar-refractivity contribution in [3.8, 4) is 11.1 Å². The van der Waals surface area contributed by atoms with Crippen molar-refractivity contribution in [3.63, 3.8) is 0 Å². The third-order valence-electron chi connectivity index (χ3n) is 6.44. The molecule has 180 valence electrons. The summed E-state index contributed by atoms with van der Waals surface area (Å²) in [5.41, 5.74) is 4.57. The number of β-amino-alcohol motifs (C(OH)–C–C–N with tert-alkyl or cyclic N) is 1. The van der Waals surface area contributed by atoms with Gasteiger partial charge in [-0.1, -0.05) is 53.7 Å². The van der Waals surface area contributed by atoms with Crippen LogP contribution in [-0.2, 0) is 16.1 Å². The van der Waals surface area contributed by atoms with E-state index in [4.69, 9.17) is 9.26 Å². The van der Waals surface area contributed by atoms with Gasteiger partial charge >= 0.3 is 12.1 Å².